The van der Waals surface area contributed by atoms with E-state index in [0.717, 1.165) is 5.69 Å². The van der Waals surface area contributed by atoms with E-state index in [2.05, 4.69) is 15.4 Å². The summed E-state index contributed by atoms with van der Waals surface area (Å²) in [5.41, 5.74) is 0.774. The molecule has 0 bridgehead atoms. The average molecular weight is 312 g/mol. The monoisotopic (exact) mass is 312 g/mol. The highest BCUT2D eigenvalue weighted by molar-refractivity contribution is 5.67. The van der Waals surface area contributed by atoms with E-state index in [9.17, 15) is 26.7 Å². The van der Waals surface area contributed by atoms with Crippen LogP contribution in [0.15, 0.2) is 30.3 Å². The number of benzene rings is 1. The molecule has 0 spiro atoms. The molecule has 0 saturated carbocycles. The third-order valence-corrected chi connectivity index (χ3v) is 2.30. The van der Waals surface area contributed by atoms with Crippen LogP contribution in [0.1, 0.15) is 0 Å². The molecule has 0 saturated heterocycles. The summed E-state index contributed by atoms with van der Waals surface area (Å²) < 4.78 is 64.2. The van der Waals surface area contributed by atoms with Gasteiger partial charge < -0.3 is 15.4 Å². The van der Waals surface area contributed by atoms with E-state index in [1.165, 1.54) is 0 Å². The molecule has 0 aromatic heterocycles. The Morgan fingerprint density at radius 3 is 2.24 bits per heavy atom. The first-order valence-corrected chi connectivity index (χ1v) is 5.86. The Balaban J connectivity index is 2.20. The number of amides is 1. The van der Waals surface area contributed by atoms with Crippen molar-refractivity contribution in [1.29, 1.82) is 0 Å². The summed E-state index contributed by atoms with van der Waals surface area (Å²) in [4.78, 5) is 11.0. The first kappa shape index (κ1) is 17.0. The second-order valence-electron chi connectivity index (χ2n) is 4.00. The topological polar surface area (TPSA) is 50.4 Å². The summed E-state index contributed by atoms with van der Waals surface area (Å²) >= 11 is 0. The van der Waals surface area contributed by atoms with Gasteiger partial charge in [0.25, 0.3) is 0 Å². The molecule has 1 aromatic carbocycles. The molecule has 1 aromatic rings. The summed E-state index contributed by atoms with van der Waals surface area (Å²) in [5.74, 6) is -5.06. The minimum atomic E-state index is -5.75. The van der Waals surface area contributed by atoms with Crippen molar-refractivity contribution in [2.45, 2.75) is 12.1 Å². The molecule has 2 N–H and O–H groups in total. The van der Waals surface area contributed by atoms with Crippen molar-refractivity contribution < 1.29 is 31.5 Å². The quantitative estimate of drug-likeness (QED) is 0.627. The molecule has 0 fully saturated rings. The Bertz CT molecular complexity index is 451. The zero-order valence-corrected chi connectivity index (χ0v) is 10.7. The number of hydrogen-bond donors (Lipinski definition) is 2. The van der Waals surface area contributed by atoms with Crippen molar-refractivity contribution in [1.82, 2.24) is 5.32 Å². The van der Waals surface area contributed by atoms with Gasteiger partial charge in [-0.25, -0.2) is 4.79 Å². The van der Waals surface area contributed by atoms with Crippen LogP contribution in [0.2, 0.25) is 0 Å². The van der Waals surface area contributed by atoms with Crippen molar-refractivity contribution in [3.63, 3.8) is 0 Å². The maximum absolute atomic E-state index is 12.5. The highest BCUT2D eigenvalue weighted by Gasteiger charge is 2.58. The van der Waals surface area contributed by atoms with E-state index in [4.69, 9.17) is 0 Å². The minimum absolute atomic E-state index is 0.00527. The fourth-order valence-electron chi connectivity index (χ4n) is 1.22. The Labute approximate surface area is 117 Å². The zero-order chi connectivity index (χ0) is 15.9. The molecule has 0 radical (unpaired) electrons. The molecule has 21 heavy (non-hydrogen) atoms. The second-order valence-corrected chi connectivity index (χ2v) is 4.00. The summed E-state index contributed by atoms with van der Waals surface area (Å²) in [6.45, 7) is -1.78. The van der Waals surface area contributed by atoms with Crippen LogP contribution in [-0.4, -0.2) is 37.9 Å². The van der Waals surface area contributed by atoms with Crippen molar-refractivity contribution in [3.8, 4) is 0 Å². The van der Waals surface area contributed by atoms with Gasteiger partial charge in [-0.15, -0.1) is 0 Å². The summed E-state index contributed by atoms with van der Waals surface area (Å²) in [6, 6.07) is 8.90. The largest absolute Gasteiger partial charge is 0.456 e. The molecule has 9 heteroatoms. The number of alkyl halides is 5. The normalized spacial score (nSPS) is 11.9. The molecule has 0 unspecified atom stereocenters. The fraction of sp³-hybridized carbons (Fsp3) is 0.417. The van der Waals surface area contributed by atoms with Gasteiger partial charge in [-0.1, -0.05) is 18.2 Å². The number of ether oxygens (including phenoxy) is 1. The van der Waals surface area contributed by atoms with Crippen LogP contribution >= 0.6 is 0 Å². The van der Waals surface area contributed by atoms with E-state index in [1.54, 1.807) is 24.3 Å². The van der Waals surface area contributed by atoms with E-state index >= 15 is 0 Å². The molecule has 0 aliphatic heterocycles. The third kappa shape index (κ3) is 5.84. The predicted molar refractivity (Wildman–Crippen MR) is 65.3 cm³/mol. The molecular formula is C12H13F5N2O2. The van der Waals surface area contributed by atoms with Gasteiger partial charge in [-0.3, -0.25) is 0 Å². The van der Waals surface area contributed by atoms with E-state index < -0.39 is 24.8 Å². The van der Waals surface area contributed by atoms with Gasteiger partial charge in [0.05, 0.1) is 0 Å². The number of alkyl carbamates (subject to hydrolysis) is 1. The lowest BCUT2D eigenvalue weighted by molar-refractivity contribution is -0.292. The molecule has 0 aliphatic carbocycles. The lowest BCUT2D eigenvalue weighted by Gasteiger charge is -2.19. The number of carbonyl (C=O) groups is 1. The van der Waals surface area contributed by atoms with Crippen LogP contribution in [0.25, 0.3) is 0 Å². The van der Waals surface area contributed by atoms with Crippen LogP contribution in [0.3, 0.4) is 0 Å². The maximum atomic E-state index is 12.5. The summed E-state index contributed by atoms with van der Waals surface area (Å²) in [6.07, 6.45) is -7.09. The molecule has 0 aliphatic rings. The fourth-order valence-corrected chi connectivity index (χ4v) is 1.22. The summed E-state index contributed by atoms with van der Waals surface area (Å²) in [5, 5.41) is 4.95. The third-order valence-electron chi connectivity index (χ3n) is 2.30. The second kappa shape index (κ2) is 7.09. The SMILES string of the molecule is O=C(NCCNc1ccccc1)OCC(F)(F)C(F)(F)F. The van der Waals surface area contributed by atoms with Crippen molar-refractivity contribution in [2.24, 2.45) is 0 Å². The van der Waals surface area contributed by atoms with Crippen LogP contribution in [-0.2, 0) is 4.74 Å². The first-order chi connectivity index (χ1) is 9.72. The Hall–Kier alpha value is -2.06. The van der Waals surface area contributed by atoms with Crippen LogP contribution in [0.5, 0.6) is 0 Å². The van der Waals surface area contributed by atoms with Gasteiger partial charge in [-0.05, 0) is 12.1 Å². The van der Waals surface area contributed by atoms with Gasteiger partial charge in [0, 0.05) is 18.8 Å². The van der Waals surface area contributed by atoms with Crippen molar-refractivity contribution in [2.75, 3.05) is 25.0 Å². The van der Waals surface area contributed by atoms with E-state index in [1.807, 2.05) is 6.07 Å². The van der Waals surface area contributed by atoms with Crippen LogP contribution < -0.4 is 10.6 Å². The smallest absolute Gasteiger partial charge is 0.443 e. The lowest BCUT2D eigenvalue weighted by Crippen LogP contribution is -2.42. The van der Waals surface area contributed by atoms with Crippen LogP contribution in [0.4, 0.5) is 32.4 Å². The Morgan fingerprint density at radius 2 is 1.67 bits per heavy atom. The molecular weight excluding hydrogens is 299 g/mol. The minimum Gasteiger partial charge on any atom is -0.443 e. The Morgan fingerprint density at radius 1 is 1.05 bits per heavy atom. The van der Waals surface area contributed by atoms with Crippen molar-refractivity contribution >= 4 is 11.8 Å². The Kier molecular flexibility index (Phi) is 5.74. The van der Waals surface area contributed by atoms with E-state index in [0.29, 0.717) is 0 Å². The molecule has 1 rings (SSSR count). The number of carbonyl (C=O) groups excluding carboxylic acids is 1. The molecule has 118 valence electrons. The van der Waals surface area contributed by atoms with Gasteiger partial charge in [-0.2, -0.15) is 22.0 Å². The highest BCUT2D eigenvalue weighted by Crippen LogP contribution is 2.35. The molecule has 0 atom stereocenters. The number of nitrogens with one attached hydrogen (secondary N) is 2. The van der Waals surface area contributed by atoms with Gasteiger partial charge in [0.2, 0.25) is 0 Å². The zero-order valence-electron chi connectivity index (χ0n) is 10.7. The lowest BCUT2D eigenvalue weighted by atomic mass is 10.3. The van der Waals surface area contributed by atoms with Gasteiger partial charge in [0.1, 0.15) is 0 Å². The average Bonchev–Trinajstić information content (AvgIpc) is 2.41. The maximum Gasteiger partial charge on any atom is 0.456 e. The molecule has 4 nitrogen and oxygen atoms in total. The standard InChI is InChI=1S/C12H13F5N2O2/c13-11(14,12(15,16)17)8-21-10(20)19-7-6-18-9-4-2-1-3-5-9/h1-5,18H,6-8H2,(H,19,20). The summed E-state index contributed by atoms with van der Waals surface area (Å²) in [7, 11) is 0. The molecule has 0 heterocycles. The predicted octanol–water partition coefficient (Wildman–Crippen LogP) is 3.02. The van der Waals surface area contributed by atoms with Gasteiger partial charge >= 0.3 is 18.2 Å². The van der Waals surface area contributed by atoms with E-state index in [-0.39, 0.29) is 13.1 Å². The van der Waals surface area contributed by atoms with Crippen molar-refractivity contribution in [3.05, 3.63) is 30.3 Å². The highest BCUT2D eigenvalue weighted by atomic mass is 19.4. The number of hydrogen-bond acceptors (Lipinski definition) is 3. The number of halogens is 5. The first-order valence-electron chi connectivity index (χ1n) is 5.86. The van der Waals surface area contributed by atoms with Crippen LogP contribution in [0, 0.1) is 0 Å². The van der Waals surface area contributed by atoms with Gasteiger partial charge in [0.15, 0.2) is 6.61 Å². The number of anilines is 1. The number of rotatable bonds is 6. The molecule has 1 amide bonds. The number of para-hydroxylation sites is 1.